The molecule has 1 aliphatic rings. The predicted molar refractivity (Wildman–Crippen MR) is 51.0 cm³/mol. The van der Waals surface area contributed by atoms with Gasteiger partial charge in [-0.15, -0.1) is 0 Å². The van der Waals surface area contributed by atoms with E-state index < -0.39 is 36.5 Å². The third kappa shape index (κ3) is 3.13. The average Bonchev–Trinajstić information content (AvgIpc) is 2.23. The summed E-state index contributed by atoms with van der Waals surface area (Å²) in [5.41, 5.74) is 0. The second kappa shape index (κ2) is 6.02. The first kappa shape index (κ1) is 14.3. The lowest BCUT2D eigenvalue weighted by Crippen LogP contribution is -2.55. The van der Waals surface area contributed by atoms with Crippen molar-refractivity contribution in [2.45, 2.75) is 45.4 Å². The van der Waals surface area contributed by atoms with E-state index in [1.807, 2.05) is 13.8 Å². The second-order valence-electron chi connectivity index (χ2n) is 3.13. The van der Waals surface area contributed by atoms with Crippen molar-refractivity contribution in [3.8, 4) is 0 Å². The minimum atomic E-state index is -1.56. The quantitative estimate of drug-likeness (QED) is 0.461. The first-order chi connectivity index (χ1) is 6.95. The van der Waals surface area contributed by atoms with Crippen molar-refractivity contribution < 1.29 is 30.0 Å². The molecule has 5 unspecified atom stereocenters. The van der Waals surface area contributed by atoms with E-state index in [1.165, 1.54) is 6.92 Å². The van der Waals surface area contributed by atoms with Crippen LogP contribution in [0.5, 0.6) is 0 Å². The van der Waals surface area contributed by atoms with Crippen LogP contribution in [0.15, 0.2) is 0 Å². The Bertz CT molecular complexity index is 207. The maximum Gasteiger partial charge on any atom is 0.335 e. The number of aliphatic hydroxyl groups excluding tert-OH is 3. The Hall–Kier alpha value is -0.690. The van der Waals surface area contributed by atoms with Crippen molar-refractivity contribution in [1.82, 2.24) is 0 Å². The first-order valence-corrected chi connectivity index (χ1v) is 4.87. The number of carboxylic acids is 1. The summed E-state index contributed by atoms with van der Waals surface area (Å²) in [5.74, 6) is -2.09. The Morgan fingerprint density at radius 3 is 2.00 bits per heavy atom. The van der Waals surface area contributed by atoms with Crippen molar-refractivity contribution in [3.05, 3.63) is 0 Å². The van der Waals surface area contributed by atoms with E-state index in [2.05, 4.69) is 4.74 Å². The summed E-state index contributed by atoms with van der Waals surface area (Å²) < 4.78 is 4.50. The van der Waals surface area contributed by atoms with Crippen molar-refractivity contribution in [2.24, 2.45) is 5.92 Å². The predicted octanol–water partition coefficient (Wildman–Crippen LogP) is -0.828. The Balaban J connectivity index is 0.000000921. The van der Waals surface area contributed by atoms with Crippen LogP contribution in [-0.2, 0) is 9.53 Å². The lowest BCUT2D eigenvalue weighted by Gasteiger charge is -2.37. The first-order valence-electron chi connectivity index (χ1n) is 4.87. The van der Waals surface area contributed by atoms with Gasteiger partial charge in [-0.3, -0.25) is 0 Å². The van der Waals surface area contributed by atoms with Crippen LogP contribution in [0.4, 0.5) is 0 Å². The molecule has 1 fully saturated rings. The standard InChI is InChI=1S/C7H12O6.C2H6/c1-2-3(8)5(6(10)11)13-7(12)4(2)9;1-2/h2-5,7-9,12H,1H3,(H,10,11);1-2H3. The normalized spacial score (nSPS) is 40.3. The van der Waals surface area contributed by atoms with E-state index in [9.17, 15) is 15.0 Å². The summed E-state index contributed by atoms with van der Waals surface area (Å²) in [5, 5.41) is 36.1. The molecule has 1 rings (SSSR count). The summed E-state index contributed by atoms with van der Waals surface area (Å²) in [6, 6.07) is 0. The van der Waals surface area contributed by atoms with Crippen LogP contribution in [-0.4, -0.2) is 51.0 Å². The van der Waals surface area contributed by atoms with Gasteiger partial charge in [-0.2, -0.15) is 0 Å². The molecular weight excluding hydrogens is 204 g/mol. The molecule has 4 N–H and O–H groups in total. The van der Waals surface area contributed by atoms with Crippen LogP contribution in [0, 0.1) is 5.92 Å². The summed E-state index contributed by atoms with van der Waals surface area (Å²) in [6.07, 6.45) is -5.60. The minimum Gasteiger partial charge on any atom is -0.479 e. The molecule has 0 aromatic rings. The van der Waals surface area contributed by atoms with E-state index in [1.54, 1.807) is 0 Å². The summed E-state index contributed by atoms with van der Waals surface area (Å²) >= 11 is 0. The van der Waals surface area contributed by atoms with Crippen molar-refractivity contribution >= 4 is 5.97 Å². The average molecular weight is 222 g/mol. The lowest BCUT2D eigenvalue weighted by molar-refractivity contribution is -0.264. The zero-order chi connectivity index (χ0) is 12.2. The van der Waals surface area contributed by atoms with E-state index in [4.69, 9.17) is 10.2 Å². The number of aliphatic hydroxyl groups is 3. The van der Waals surface area contributed by atoms with Gasteiger partial charge in [-0.05, 0) is 0 Å². The molecule has 0 bridgehead atoms. The fraction of sp³-hybridized carbons (Fsp3) is 0.889. The smallest absolute Gasteiger partial charge is 0.335 e. The number of carbonyl (C=O) groups is 1. The molecule has 90 valence electrons. The molecule has 1 aliphatic heterocycles. The van der Waals surface area contributed by atoms with Crippen LogP contribution >= 0.6 is 0 Å². The number of rotatable bonds is 1. The molecular formula is C9H18O6. The Kier molecular flexibility index (Phi) is 5.74. The van der Waals surface area contributed by atoms with Gasteiger partial charge in [-0.1, -0.05) is 20.8 Å². The molecule has 0 spiro atoms. The summed E-state index contributed by atoms with van der Waals surface area (Å²) in [4.78, 5) is 10.5. The van der Waals surface area contributed by atoms with Gasteiger partial charge in [0.1, 0.15) is 6.10 Å². The molecule has 1 heterocycles. The van der Waals surface area contributed by atoms with Crippen LogP contribution < -0.4 is 0 Å². The topological polar surface area (TPSA) is 107 Å². The highest BCUT2D eigenvalue weighted by atomic mass is 16.6. The number of ether oxygens (including phenoxy) is 1. The third-order valence-electron chi connectivity index (χ3n) is 2.21. The van der Waals surface area contributed by atoms with Gasteiger partial charge in [0.05, 0.1) is 6.10 Å². The van der Waals surface area contributed by atoms with Crippen molar-refractivity contribution in [1.29, 1.82) is 0 Å². The minimum absolute atomic E-state index is 0.732. The van der Waals surface area contributed by atoms with Crippen molar-refractivity contribution in [2.75, 3.05) is 0 Å². The van der Waals surface area contributed by atoms with Crippen LogP contribution in [0.1, 0.15) is 20.8 Å². The molecule has 6 heteroatoms. The van der Waals surface area contributed by atoms with Gasteiger partial charge in [0.25, 0.3) is 0 Å². The van der Waals surface area contributed by atoms with E-state index in [0.29, 0.717) is 0 Å². The molecule has 0 saturated carbocycles. The fourth-order valence-electron chi connectivity index (χ4n) is 1.25. The molecule has 0 radical (unpaired) electrons. The van der Waals surface area contributed by atoms with Gasteiger partial charge >= 0.3 is 5.97 Å². The molecule has 6 nitrogen and oxygen atoms in total. The van der Waals surface area contributed by atoms with E-state index >= 15 is 0 Å². The van der Waals surface area contributed by atoms with Crippen LogP contribution in [0.3, 0.4) is 0 Å². The molecule has 0 aromatic heterocycles. The Morgan fingerprint density at radius 2 is 1.60 bits per heavy atom. The van der Waals surface area contributed by atoms with E-state index in [-0.39, 0.29) is 0 Å². The maximum atomic E-state index is 10.5. The highest BCUT2D eigenvalue weighted by Gasteiger charge is 2.44. The third-order valence-corrected chi connectivity index (χ3v) is 2.21. The summed E-state index contributed by atoms with van der Waals surface area (Å²) in [7, 11) is 0. The van der Waals surface area contributed by atoms with E-state index in [0.717, 1.165) is 0 Å². The Labute approximate surface area is 88.1 Å². The maximum absolute atomic E-state index is 10.5. The SMILES string of the molecule is CC.CC1C(O)C(O)OC(C(=O)O)C1O. The molecule has 0 amide bonds. The highest BCUT2D eigenvalue weighted by Crippen LogP contribution is 2.24. The van der Waals surface area contributed by atoms with Crippen LogP contribution in [0.2, 0.25) is 0 Å². The Morgan fingerprint density at radius 1 is 1.13 bits per heavy atom. The van der Waals surface area contributed by atoms with Crippen LogP contribution in [0.25, 0.3) is 0 Å². The van der Waals surface area contributed by atoms with Gasteiger partial charge < -0.3 is 25.2 Å². The molecule has 1 saturated heterocycles. The monoisotopic (exact) mass is 222 g/mol. The lowest BCUT2D eigenvalue weighted by atomic mass is 9.91. The zero-order valence-electron chi connectivity index (χ0n) is 8.99. The number of carboxylic acid groups (broad SMARTS) is 1. The molecule has 15 heavy (non-hydrogen) atoms. The van der Waals surface area contributed by atoms with Crippen molar-refractivity contribution in [3.63, 3.8) is 0 Å². The second-order valence-corrected chi connectivity index (χ2v) is 3.13. The van der Waals surface area contributed by atoms with Gasteiger partial charge in [-0.25, -0.2) is 4.79 Å². The zero-order valence-corrected chi connectivity index (χ0v) is 8.99. The van der Waals surface area contributed by atoms with Gasteiger partial charge in [0.15, 0.2) is 12.4 Å². The van der Waals surface area contributed by atoms with Gasteiger partial charge in [0, 0.05) is 5.92 Å². The number of hydrogen-bond donors (Lipinski definition) is 4. The molecule has 0 aromatic carbocycles. The highest BCUT2D eigenvalue weighted by molar-refractivity contribution is 5.73. The summed E-state index contributed by atoms with van der Waals surface area (Å²) in [6.45, 7) is 5.44. The molecule has 0 aliphatic carbocycles. The number of hydrogen-bond acceptors (Lipinski definition) is 5. The largest absolute Gasteiger partial charge is 0.479 e. The number of aliphatic carboxylic acids is 1. The molecule has 5 atom stereocenters. The van der Waals surface area contributed by atoms with Gasteiger partial charge in [0.2, 0.25) is 0 Å². The fourth-order valence-corrected chi connectivity index (χ4v) is 1.25.